The van der Waals surface area contributed by atoms with Crippen LogP contribution in [0.25, 0.3) is 0 Å². The molecule has 4 aromatic carbocycles. The van der Waals surface area contributed by atoms with Crippen molar-refractivity contribution in [2.45, 2.75) is 643 Å². The molecule has 0 saturated heterocycles. The molecule has 6 heteroatoms. The van der Waals surface area contributed by atoms with E-state index in [1.807, 2.05) is 20.7 Å². The number of unbranched alkanes of at least 4 members (excludes halogenated alkanes) is 60. The molecule has 0 spiro atoms. The van der Waals surface area contributed by atoms with Crippen LogP contribution in [0.1, 0.15) is 559 Å². The molecule has 2 unspecified atom stereocenters. The molecule has 2 atom stereocenters. The Balaban J connectivity index is 2.24. The molecule has 0 amide bonds. The fourth-order valence-corrected chi connectivity index (χ4v) is 50.8. The standard InChI is InChI=1S/C124H228P2Si4/c1-15-27-39-51-63-75-103-127(104-76-64-52-40-28-16-2,105-77-65-53-41-29-17-3)121-95-87-117(88-96-121)125(118-89-97-122(98-90-118)128(106-78-66-54-42-30-18-4,107-79-67-55-43-31-19-5)108-80-68-56-44-32-20-6)115(13)116(14)126(119-91-99-123(100-92-119)129(109-81-69-57-45-33-21-7,110-82-70-58-46-34-22-8)111-83-71-59-47-35-23-9)120-93-101-124(102-94-120)130(112-84-72-60-48-36-24-10,113-85-73-61-49-37-25-11)114-86-74-62-50-38-26-12/h87-102,115-116H,15-86,103-114H2,1-14H3. The maximum Gasteiger partial charge on any atom is 0.0867 e. The molecule has 0 fully saturated rings. The second kappa shape index (κ2) is 81.3. The van der Waals surface area contributed by atoms with E-state index in [4.69, 9.17) is 0 Å². The first-order valence-corrected chi connectivity index (χ1v) is 73.2. The zero-order valence-corrected chi connectivity index (χ0v) is 96.5. The summed E-state index contributed by atoms with van der Waals surface area (Å²) in [5.41, 5.74) is 0.959. The van der Waals surface area contributed by atoms with Gasteiger partial charge in [0.25, 0.3) is 0 Å². The minimum Gasteiger partial charge on any atom is -0.0654 e. The summed E-state index contributed by atoms with van der Waals surface area (Å²) in [5.74, 6) is 0. The topological polar surface area (TPSA) is 0 Å². The summed E-state index contributed by atoms with van der Waals surface area (Å²) in [6.07, 6.45) is 102. The van der Waals surface area contributed by atoms with Gasteiger partial charge in [0.2, 0.25) is 0 Å². The molecular weight excluding hydrogens is 1660 g/mol. The Morgan fingerprint density at radius 3 is 0.331 bits per heavy atom. The molecular formula is C124H228P2Si4. The Labute approximate surface area is 824 Å². The largest absolute Gasteiger partial charge is 0.0867 e. The van der Waals surface area contributed by atoms with E-state index in [1.165, 1.54) is 535 Å². The van der Waals surface area contributed by atoms with Crippen LogP contribution in [0.15, 0.2) is 97.1 Å². The van der Waals surface area contributed by atoms with Gasteiger partial charge in [0.1, 0.15) is 0 Å². The molecule has 0 aromatic heterocycles. The normalized spacial score (nSPS) is 12.9. The minimum atomic E-state index is -1.87. The zero-order chi connectivity index (χ0) is 93.6. The summed E-state index contributed by atoms with van der Waals surface area (Å²) in [5, 5.41) is 14.2. The second-order valence-corrected chi connectivity index (χ2v) is 67.5. The smallest absolute Gasteiger partial charge is 0.0654 e. The first kappa shape index (κ1) is 121. The van der Waals surface area contributed by atoms with Crippen LogP contribution in [0.3, 0.4) is 0 Å². The van der Waals surface area contributed by atoms with Crippen molar-refractivity contribution in [3.63, 3.8) is 0 Å². The Bertz CT molecular complexity index is 2520. The summed E-state index contributed by atoms with van der Waals surface area (Å²) in [6, 6.07) is 64.2. The van der Waals surface area contributed by atoms with Gasteiger partial charge in [-0.05, 0) is 48.4 Å². The van der Waals surface area contributed by atoms with Gasteiger partial charge < -0.3 is 0 Å². The van der Waals surface area contributed by atoms with E-state index in [1.54, 1.807) is 21.2 Å². The van der Waals surface area contributed by atoms with Crippen LogP contribution in [-0.4, -0.2) is 43.6 Å². The molecule has 750 valence electrons. The SMILES string of the molecule is CCCCCCCC[Si](CCCCCCCC)(CCCCCCCC)c1ccc(P(c2ccc([Si](CCCCCCCC)(CCCCCCCC)CCCCCCCC)cc2)C(C)C(C)P(c2ccc([Si](CCCCCCCC)(CCCCCCCC)CCCCCCCC)cc2)c2ccc([Si](CCCCCCCC)(CCCCCCCC)CCCCCCCC)cc2)cc1. The second-order valence-electron chi connectivity index (χ2n) is 43.7. The van der Waals surface area contributed by atoms with E-state index < -0.39 is 48.1 Å². The molecule has 130 heavy (non-hydrogen) atoms. The van der Waals surface area contributed by atoms with Crippen molar-refractivity contribution in [1.29, 1.82) is 0 Å². The van der Waals surface area contributed by atoms with Gasteiger partial charge in [0.05, 0.1) is 32.3 Å². The fraction of sp³-hybridized carbons (Fsp3) is 0.806. The van der Waals surface area contributed by atoms with Gasteiger partial charge in [-0.15, -0.1) is 0 Å². The summed E-state index contributed by atoms with van der Waals surface area (Å²) in [7, 11) is -8.96. The molecule has 0 heterocycles. The molecule has 0 aliphatic rings. The first-order chi connectivity index (χ1) is 63.9. The van der Waals surface area contributed by atoms with E-state index in [-0.39, 0.29) is 0 Å². The molecule has 0 saturated carbocycles. The lowest BCUT2D eigenvalue weighted by Gasteiger charge is -2.38. The number of hydrogen-bond acceptors (Lipinski definition) is 0. The van der Waals surface area contributed by atoms with Gasteiger partial charge in [-0.3, -0.25) is 0 Å². The van der Waals surface area contributed by atoms with Crippen molar-refractivity contribution in [3.8, 4) is 0 Å². The van der Waals surface area contributed by atoms with Crippen molar-refractivity contribution in [2.75, 3.05) is 0 Å². The highest BCUT2D eigenvalue weighted by Crippen LogP contribution is 2.52. The molecule has 0 N–H and O–H groups in total. The van der Waals surface area contributed by atoms with E-state index in [9.17, 15) is 0 Å². The predicted octanol–water partition coefficient (Wildman–Crippen LogP) is 41.0. The molecule has 4 rings (SSSR count). The number of rotatable bonds is 95. The van der Waals surface area contributed by atoms with Crippen molar-refractivity contribution in [3.05, 3.63) is 97.1 Å². The van der Waals surface area contributed by atoms with Gasteiger partial charge in [0.15, 0.2) is 0 Å². The average molecular weight is 1890 g/mol. The lowest BCUT2D eigenvalue weighted by Crippen LogP contribution is -2.48. The first-order valence-electron chi connectivity index (χ1n) is 59.9. The van der Waals surface area contributed by atoms with Crippen LogP contribution in [0.4, 0.5) is 0 Å². The highest BCUT2D eigenvalue weighted by Gasteiger charge is 2.41. The van der Waals surface area contributed by atoms with Crippen LogP contribution in [-0.2, 0) is 0 Å². The lowest BCUT2D eigenvalue weighted by molar-refractivity contribution is 0.608. The maximum atomic E-state index is 2.89. The van der Waals surface area contributed by atoms with Gasteiger partial charge in [-0.25, -0.2) is 0 Å². The minimum absolute atomic E-state index is 0.480. The van der Waals surface area contributed by atoms with Gasteiger partial charge in [0, 0.05) is 0 Å². The summed E-state index contributed by atoms with van der Waals surface area (Å²) < 4.78 is 0. The number of benzene rings is 4. The van der Waals surface area contributed by atoms with Crippen LogP contribution < -0.4 is 42.0 Å². The molecule has 0 aliphatic heterocycles. The van der Waals surface area contributed by atoms with Crippen LogP contribution in [0.5, 0.6) is 0 Å². The van der Waals surface area contributed by atoms with E-state index in [0.717, 1.165) is 0 Å². The summed E-state index contributed by atoms with van der Waals surface area (Å²) >= 11 is 0. The van der Waals surface area contributed by atoms with Gasteiger partial charge in [-0.1, -0.05) is 750 Å². The molecule has 0 bridgehead atoms. The summed E-state index contributed by atoms with van der Waals surface area (Å²) in [4.78, 5) is 0. The van der Waals surface area contributed by atoms with E-state index >= 15 is 0 Å². The Morgan fingerprint density at radius 2 is 0.231 bits per heavy atom. The lowest BCUT2D eigenvalue weighted by atomic mass is 10.1. The third-order valence-electron chi connectivity index (χ3n) is 32.7. The average Bonchev–Trinajstić information content (AvgIpc) is 0.769. The van der Waals surface area contributed by atoms with Crippen molar-refractivity contribution in [1.82, 2.24) is 0 Å². The van der Waals surface area contributed by atoms with Crippen molar-refractivity contribution >= 4 is 90.1 Å². The third kappa shape index (κ3) is 50.6. The quantitative estimate of drug-likeness (QED) is 0.0235. The van der Waals surface area contributed by atoms with E-state index in [0.29, 0.717) is 11.3 Å². The van der Waals surface area contributed by atoms with Crippen LogP contribution in [0, 0.1) is 0 Å². The van der Waals surface area contributed by atoms with Gasteiger partial charge >= 0.3 is 0 Å². The van der Waals surface area contributed by atoms with Crippen LogP contribution in [0.2, 0.25) is 72.5 Å². The van der Waals surface area contributed by atoms with Crippen LogP contribution >= 0.6 is 15.8 Å². The molecule has 0 nitrogen and oxygen atoms in total. The highest BCUT2D eigenvalue weighted by molar-refractivity contribution is 7.77. The van der Waals surface area contributed by atoms with Crippen molar-refractivity contribution in [2.24, 2.45) is 0 Å². The predicted molar refractivity (Wildman–Crippen MR) is 617 cm³/mol. The molecule has 0 aliphatic carbocycles. The molecule has 4 aromatic rings. The Hall–Kier alpha value is -1.39. The Kier molecular flexibility index (Phi) is 75.6. The monoisotopic (exact) mass is 1890 g/mol. The number of hydrogen-bond donors (Lipinski definition) is 0. The Morgan fingerprint density at radius 1 is 0.138 bits per heavy atom. The third-order valence-corrected chi connectivity index (χ3v) is 60.8. The molecule has 0 radical (unpaired) electrons. The fourth-order valence-electron chi connectivity index (χ4n) is 23.7. The van der Waals surface area contributed by atoms with Crippen molar-refractivity contribution < 1.29 is 0 Å². The highest BCUT2D eigenvalue weighted by atomic mass is 31.1. The van der Waals surface area contributed by atoms with E-state index in [2.05, 4.69) is 194 Å². The maximum absolute atomic E-state index is 2.89. The summed E-state index contributed by atoms with van der Waals surface area (Å²) in [6.45, 7) is 34.6. The van der Waals surface area contributed by atoms with Gasteiger partial charge in [-0.2, -0.15) is 0 Å². The zero-order valence-electron chi connectivity index (χ0n) is 90.7.